The number of ketones is 1. The van der Waals surface area contributed by atoms with Crippen LogP contribution in [0.1, 0.15) is 68.9 Å². The number of rotatable bonds is 5. The van der Waals surface area contributed by atoms with Gasteiger partial charge in [-0.3, -0.25) is 9.59 Å². The number of hydrogen-bond acceptors (Lipinski definition) is 3. The Morgan fingerprint density at radius 1 is 1.19 bits per heavy atom. The fourth-order valence-corrected chi connectivity index (χ4v) is 6.48. The quantitative estimate of drug-likeness (QED) is 0.763. The number of thiol groups is 1. The molecular formula is C23H31NO2S. The lowest BCUT2D eigenvalue weighted by Crippen LogP contribution is -2.41. The molecule has 1 heterocycles. The van der Waals surface area contributed by atoms with Crippen LogP contribution >= 0.6 is 12.6 Å². The minimum Gasteiger partial charge on any atom is -0.300 e. The number of likely N-dealkylation sites (tertiary alicyclic amines) is 1. The highest BCUT2D eigenvalue weighted by Gasteiger charge is 2.54. The molecule has 27 heavy (non-hydrogen) atoms. The Bertz CT molecular complexity index is 725. The first-order valence-electron chi connectivity index (χ1n) is 10.5. The van der Waals surface area contributed by atoms with E-state index in [1.807, 2.05) is 13.0 Å². The van der Waals surface area contributed by atoms with Crippen LogP contribution in [0.25, 0.3) is 0 Å². The normalized spacial score (nSPS) is 31.8. The first kappa shape index (κ1) is 19.2. The van der Waals surface area contributed by atoms with Gasteiger partial charge in [0.1, 0.15) is 5.78 Å². The lowest BCUT2D eigenvalue weighted by Gasteiger charge is -2.37. The highest BCUT2D eigenvalue weighted by atomic mass is 32.1. The molecule has 2 unspecified atom stereocenters. The van der Waals surface area contributed by atoms with Crippen LogP contribution in [0.5, 0.6) is 0 Å². The molecule has 0 spiro atoms. The maximum atomic E-state index is 12.4. The van der Waals surface area contributed by atoms with Crippen molar-refractivity contribution in [2.75, 3.05) is 13.1 Å². The number of hydrogen-bond donors (Lipinski definition) is 1. The molecule has 3 nitrogen and oxygen atoms in total. The summed E-state index contributed by atoms with van der Waals surface area (Å²) in [6.07, 6.45) is 8.61. The molecule has 1 aromatic carbocycles. The van der Waals surface area contributed by atoms with Crippen molar-refractivity contribution in [3.63, 3.8) is 0 Å². The predicted molar refractivity (Wildman–Crippen MR) is 111 cm³/mol. The van der Waals surface area contributed by atoms with Gasteiger partial charge in [-0.05, 0) is 81.5 Å². The third-order valence-electron chi connectivity index (χ3n) is 7.70. The van der Waals surface area contributed by atoms with Gasteiger partial charge in [0.05, 0.1) is 0 Å². The topological polar surface area (TPSA) is 37.4 Å². The van der Waals surface area contributed by atoms with Crippen LogP contribution in [-0.4, -0.2) is 34.9 Å². The van der Waals surface area contributed by atoms with Gasteiger partial charge in [0.2, 0.25) is 0 Å². The minimum absolute atomic E-state index is 0.00104. The third kappa shape index (κ3) is 3.63. The molecule has 1 aromatic rings. The van der Waals surface area contributed by atoms with Crippen LogP contribution in [-0.2, 0) is 16.0 Å². The minimum atomic E-state index is -0.0630. The second-order valence-corrected chi connectivity index (χ2v) is 9.47. The van der Waals surface area contributed by atoms with Crippen LogP contribution in [0.15, 0.2) is 24.3 Å². The van der Waals surface area contributed by atoms with E-state index >= 15 is 0 Å². The van der Waals surface area contributed by atoms with E-state index in [4.69, 9.17) is 0 Å². The molecule has 3 aliphatic rings. The standard InChI is InChI=1S/C23H31NO2S/c1-16(25)23-10-4-6-19(23)14-20(15-23)24-11-8-17(9-12-24)21-7-3-2-5-18(21)13-22(26)27/h2-3,5,7,17,19-20H,4,6,8-15H2,1H3,(H,26,27)/t19?,20-,23?/m0/s1. The van der Waals surface area contributed by atoms with E-state index in [1.165, 1.54) is 24.8 Å². The molecular weight excluding hydrogens is 354 g/mol. The van der Waals surface area contributed by atoms with Crippen molar-refractivity contribution in [2.24, 2.45) is 11.3 Å². The average molecular weight is 386 g/mol. The van der Waals surface area contributed by atoms with Gasteiger partial charge in [-0.15, -0.1) is 12.6 Å². The van der Waals surface area contributed by atoms with E-state index in [2.05, 4.69) is 35.7 Å². The summed E-state index contributed by atoms with van der Waals surface area (Å²) in [6.45, 7) is 4.05. The molecule has 0 radical (unpaired) electrons. The van der Waals surface area contributed by atoms with Crippen LogP contribution in [0, 0.1) is 11.3 Å². The Labute approximate surface area is 168 Å². The van der Waals surface area contributed by atoms with Crippen LogP contribution in [0.2, 0.25) is 0 Å². The molecule has 2 aliphatic carbocycles. The van der Waals surface area contributed by atoms with Gasteiger partial charge in [-0.1, -0.05) is 30.7 Å². The number of nitrogens with zero attached hydrogens (tertiary/aromatic N) is 1. The highest BCUT2D eigenvalue weighted by Crippen LogP contribution is 2.56. The van der Waals surface area contributed by atoms with Gasteiger partial charge in [0.15, 0.2) is 5.12 Å². The van der Waals surface area contributed by atoms with Gasteiger partial charge in [0, 0.05) is 17.9 Å². The summed E-state index contributed by atoms with van der Waals surface area (Å²) in [4.78, 5) is 26.5. The number of benzene rings is 1. The van der Waals surface area contributed by atoms with Crippen molar-refractivity contribution in [1.82, 2.24) is 4.90 Å². The van der Waals surface area contributed by atoms with E-state index in [9.17, 15) is 9.59 Å². The molecule has 3 fully saturated rings. The van der Waals surface area contributed by atoms with Crippen molar-refractivity contribution in [2.45, 2.75) is 70.3 Å². The second-order valence-electron chi connectivity index (χ2n) is 8.97. The van der Waals surface area contributed by atoms with Gasteiger partial charge in [0.25, 0.3) is 0 Å². The summed E-state index contributed by atoms with van der Waals surface area (Å²) in [7, 11) is 0. The Hall–Kier alpha value is -1.13. The fourth-order valence-electron chi connectivity index (χ4n) is 6.31. The molecule has 1 saturated heterocycles. The molecule has 146 valence electrons. The third-order valence-corrected chi connectivity index (χ3v) is 7.86. The summed E-state index contributed by atoms with van der Waals surface area (Å²) in [5, 5.41) is -0.0630. The molecule has 2 saturated carbocycles. The zero-order chi connectivity index (χ0) is 19.0. The van der Waals surface area contributed by atoms with Crippen molar-refractivity contribution < 1.29 is 9.59 Å². The Balaban J connectivity index is 1.41. The monoisotopic (exact) mass is 385 g/mol. The molecule has 0 bridgehead atoms. The first-order chi connectivity index (χ1) is 13.0. The van der Waals surface area contributed by atoms with E-state index in [-0.39, 0.29) is 10.5 Å². The lowest BCUT2D eigenvalue weighted by atomic mass is 9.77. The maximum absolute atomic E-state index is 12.4. The van der Waals surface area contributed by atoms with E-state index in [0.717, 1.165) is 44.3 Å². The van der Waals surface area contributed by atoms with Gasteiger partial charge < -0.3 is 4.90 Å². The number of Topliss-reactive ketones (excluding diaryl/α,β-unsaturated/α-hetero) is 1. The largest absolute Gasteiger partial charge is 0.300 e. The summed E-state index contributed by atoms with van der Waals surface area (Å²) in [6, 6.07) is 8.96. The van der Waals surface area contributed by atoms with Crippen molar-refractivity contribution in [3.05, 3.63) is 35.4 Å². The zero-order valence-electron chi connectivity index (χ0n) is 16.3. The van der Waals surface area contributed by atoms with E-state index in [0.29, 0.717) is 30.1 Å². The van der Waals surface area contributed by atoms with Gasteiger partial charge in [-0.25, -0.2) is 0 Å². The highest BCUT2D eigenvalue weighted by molar-refractivity contribution is 7.96. The van der Waals surface area contributed by atoms with Gasteiger partial charge >= 0.3 is 0 Å². The van der Waals surface area contributed by atoms with Crippen molar-refractivity contribution in [3.8, 4) is 0 Å². The fraction of sp³-hybridized carbons (Fsp3) is 0.652. The Morgan fingerprint density at radius 3 is 2.59 bits per heavy atom. The Kier molecular flexibility index (Phi) is 5.48. The molecule has 0 N–H and O–H groups in total. The molecule has 4 heteroatoms. The molecule has 3 atom stereocenters. The zero-order valence-corrected chi connectivity index (χ0v) is 17.2. The van der Waals surface area contributed by atoms with Crippen molar-refractivity contribution in [1.29, 1.82) is 0 Å². The molecule has 4 rings (SSSR count). The van der Waals surface area contributed by atoms with E-state index in [1.54, 1.807) is 0 Å². The first-order valence-corrected chi connectivity index (χ1v) is 11.0. The summed E-state index contributed by atoms with van der Waals surface area (Å²) < 4.78 is 0. The van der Waals surface area contributed by atoms with E-state index < -0.39 is 0 Å². The summed E-state index contributed by atoms with van der Waals surface area (Å²) in [5.41, 5.74) is 2.48. The number of carbonyl (C=O) groups excluding carboxylic acids is 2. The number of fused-ring (bicyclic) bond motifs is 1. The molecule has 0 aromatic heterocycles. The molecule has 1 aliphatic heterocycles. The number of piperidine rings is 1. The van der Waals surface area contributed by atoms with Crippen molar-refractivity contribution >= 4 is 23.5 Å². The van der Waals surface area contributed by atoms with Crippen LogP contribution in [0.3, 0.4) is 0 Å². The van der Waals surface area contributed by atoms with Gasteiger partial charge in [-0.2, -0.15) is 0 Å². The lowest BCUT2D eigenvalue weighted by molar-refractivity contribution is -0.127. The predicted octanol–water partition coefficient (Wildman–Crippen LogP) is 4.40. The maximum Gasteiger partial charge on any atom is 0.190 e. The molecule has 0 amide bonds. The Morgan fingerprint density at radius 2 is 1.93 bits per heavy atom. The average Bonchev–Trinajstić information content (AvgIpc) is 3.20. The van der Waals surface area contributed by atoms with Crippen LogP contribution in [0.4, 0.5) is 0 Å². The summed E-state index contributed by atoms with van der Waals surface area (Å²) in [5.74, 6) is 1.60. The number of carbonyl (C=O) groups is 2. The SMILES string of the molecule is CC(=O)C12CCCC1C[C@H](N1CCC(c3ccccc3CC(=O)S)CC1)C2. The van der Waals surface area contributed by atoms with Crippen LogP contribution < -0.4 is 0 Å². The smallest absolute Gasteiger partial charge is 0.190 e. The second kappa shape index (κ2) is 7.71. The summed E-state index contributed by atoms with van der Waals surface area (Å²) >= 11 is 3.98.